The molecule has 3 atom stereocenters. The maximum Gasteiger partial charge on any atom is 0.325 e. The summed E-state index contributed by atoms with van der Waals surface area (Å²) >= 11 is 0. The number of rotatable bonds is 6. The van der Waals surface area contributed by atoms with Crippen LogP contribution in [0.5, 0.6) is 5.75 Å². The molecule has 7 heteroatoms. The zero-order valence-corrected chi connectivity index (χ0v) is 16.8. The maximum absolute atomic E-state index is 13.0. The summed E-state index contributed by atoms with van der Waals surface area (Å²) in [6, 6.07) is 6.83. The van der Waals surface area contributed by atoms with Crippen molar-refractivity contribution in [2.75, 3.05) is 13.7 Å². The summed E-state index contributed by atoms with van der Waals surface area (Å²) in [6.45, 7) is 3.71. The number of urea groups is 1. The van der Waals surface area contributed by atoms with Gasteiger partial charge in [0.15, 0.2) is 0 Å². The minimum absolute atomic E-state index is 0.0773. The van der Waals surface area contributed by atoms with Gasteiger partial charge in [-0.1, -0.05) is 38.8 Å². The first-order chi connectivity index (χ1) is 13.4. The first kappa shape index (κ1) is 20.2. The molecule has 1 aromatic carbocycles. The van der Waals surface area contributed by atoms with Crippen molar-refractivity contribution in [3.63, 3.8) is 0 Å². The standard InChI is InChI=1S/C21H29N3O4/c1-4-17(15-8-10-16(28-3)11-9-15)22-18(25)13-24-19(26)21(23-20(24)27)12-6-5-7-14(21)2/h8-11,14,17H,4-7,12-13H2,1-3H3,(H,22,25)(H,23,27). The number of ether oxygens (including phenoxy) is 1. The molecule has 0 radical (unpaired) electrons. The first-order valence-corrected chi connectivity index (χ1v) is 9.98. The van der Waals surface area contributed by atoms with E-state index >= 15 is 0 Å². The van der Waals surface area contributed by atoms with Crippen LogP contribution in [0, 0.1) is 5.92 Å². The molecule has 1 saturated carbocycles. The Hall–Kier alpha value is -2.57. The van der Waals surface area contributed by atoms with Gasteiger partial charge < -0.3 is 15.4 Å². The molecule has 1 heterocycles. The highest BCUT2D eigenvalue weighted by atomic mass is 16.5. The molecule has 152 valence electrons. The molecule has 4 amide bonds. The Morgan fingerprint density at radius 1 is 1.32 bits per heavy atom. The van der Waals surface area contributed by atoms with E-state index in [2.05, 4.69) is 10.6 Å². The molecule has 3 rings (SSSR count). The summed E-state index contributed by atoms with van der Waals surface area (Å²) in [6.07, 6.45) is 4.21. The van der Waals surface area contributed by atoms with Crippen molar-refractivity contribution in [2.45, 2.75) is 57.5 Å². The second-order valence-corrected chi connectivity index (χ2v) is 7.74. The topological polar surface area (TPSA) is 87.7 Å². The van der Waals surface area contributed by atoms with Gasteiger partial charge >= 0.3 is 6.03 Å². The fourth-order valence-corrected chi connectivity index (χ4v) is 4.28. The number of amides is 4. The van der Waals surface area contributed by atoms with Crippen molar-refractivity contribution in [3.05, 3.63) is 29.8 Å². The van der Waals surface area contributed by atoms with Crippen LogP contribution in [-0.2, 0) is 9.59 Å². The van der Waals surface area contributed by atoms with E-state index in [0.29, 0.717) is 12.8 Å². The molecule has 1 saturated heterocycles. The highest BCUT2D eigenvalue weighted by molar-refractivity contribution is 6.09. The van der Waals surface area contributed by atoms with E-state index in [1.165, 1.54) is 0 Å². The van der Waals surface area contributed by atoms with Gasteiger partial charge in [-0.3, -0.25) is 14.5 Å². The summed E-state index contributed by atoms with van der Waals surface area (Å²) in [5.74, 6) is 0.216. The molecule has 3 unspecified atom stereocenters. The summed E-state index contributed by atoms with van der Waals surface area (Å²) in [5.41, 5.74) is 0.113. The number of carbonyl (C=O) groups excluding carboxylic acids is 3. The van der Waals surface area contributed by atoms with Crippen LogP contribution in [0.15, 0.2) is 24.3 Å². The van der Waals surface area contributed by atoms with Crippen molar-refractivity contribution in [3.8, 4) is 5.75 Å². The SMILES string of the molecule is CCC(NC(=O)CN1C(=O)NC2(CCCCC2C)C1=O)c1ccc(OC)cc1. The van der Waals surface area contributed by atoms with Crippen LogP contribution in [0.3, 0.4) is 0 Å². The van der Waals surface area contributed by atoms with E-state index < -0.39 is 11.6 Å². The number of benzene rings is 1. The third-order valence-corrected chi connectivity index (χ3v) is 6.06. The minimum atomic E-state index is -0.838. The third-order valence-electron chi connectivity index (χ3n) is 6.06. The zero-order valence-electron chi connectivity index (χ0n) is 16.8. The number of carbonyl (C=O) groups is 3. The number of hydrogen-bond donors (Lipinski definition) is 2. The van der Waals surface area contributed by atoms with Gasteiger partial charge in [0.2, 0.25) is 5.91 Å². The summed E-state index contributed by atoms with van der Waals surface area (Å²) in [5, 5.41) is 5.82. The summed E-state index contributed by atoms with van der Waals surface area (Å²) < 4.78 is 5.16. The number of hydrogen-bond acceptors (Lipinski definition) is 4. The average molecular weight is 387 g/mol. The zero-order chi connectivity index (χ0) is 20.3. The minimum Gasteiger partial charge on any atom is -0.497 e. The maximum atomic E-state index is 13.0. The molecule has 0 aromatic heterocycles. The predicted molar refractivity (Wildman–Crippen MR) is 105 cm³/mol. The number of imide groups is 1. The number of nitrogens with zero attached hydrogens (tertiary/aromatic N) is 1. The lowest BCUT2D eigenvalue weighted by atomic mass is 9.73. The Morgan fingerprint density at radius 3 is 2.64 bits per heavy atom. The molecule has 1 aromatic rings. The Kier molecular flexibility index (Phi) is 5.91. The van der Waals surface area contributed by atoms with E-state index in [-0.39, 0.29) is 30.3 Å². The molecule has 1 aliphatic heterocycles. The number of methoxy groups -OCH3 is 1. The van der Waals surface area contributed by atoms with Gasteiger partial charge in [0.05, 0.1) is 13.2 Å². The van der Waals surface area contributed by atoms with Crippen LogP contribution < -0.4 is 15.4 Å². The normalized spacial score (nSPS) is 25.5. The summed E-state index contributed by atoms with van der Waals surface area (Å²) in [4.78, 5) is 39.1. The van der Waals surface area contributed by atoms with E-state index in [0.717, 1.165) is 35.5 Å². The Bertz CT molecular complexity index is 749. The first-order valence-electron chi connectivity index (χ1n) is 9.98. The molecule has 0 bridgehead atoms. The Morgan fingerprint density at radius 2 is 2.04 bits per heavy atom. The van der Waals surface area contributed by atoms with Crippen LogP contribution in [0.25, 0.3) is 0 Å². The lowest BCUT2D eigenvalue weighted by molar-refractivity contribution is -0.137. The molecule has 2 aliphatic rings. The van der Waals surface area contributed by atoms with Crippen LogP contribution in [0.4, 0.5) is 4.79 Å². The van der Waals surface area contributed by atoms with Gasteiger partial charge in [-0.2, -0.15) is 0 Å². The van der Waals surface area contributed by atoms with Gasteiger partial charge in [-0.15, -0.1) is 0 Å². The smallest absolute Gasteiger partial charge is 0.325 e. The second kappa shape index (κ2) is 8.20. The van der Waals surface area contributed by atoms with Gasteiger partial charge in [-0.25, -0.2) is 4.79 Å². The molecule has 1 aliphatic carbocycles. The van der Waals surface area contributed by atoms with E-state index in [1.54, 1.807) is 7.11 Å². The van der Waals surface area contributed by atoms with Crippen LogP contribution in [0.2, 0.25) is 0 Å². The molecular formula is C21H29N3O4. The molecule has 2 fully saturated rings. The average Bonchev–Trinajstić information content (AvgIpc) is 2.93. The summed E-state index contributed by atoms with van der Waals surface area (Å²) in [7, 11) is 1.60. The van der Waals surface area contributed by atoms with Crippen LogP contribution in [0.1, 0.15) is 57.6 Å². The van der Waals surface area contributed by atoms with Gasteiger partial charge in [0, 0.05) is 0 Å². The van der Waals surface area contributed by atoms with Crippen molar-refractivity contribution in [2.24, 2.45) is 5.92 Å². The molecule has 2 N–H and O–H groups in total. The van der Waals surface area contributed by atoms with Crippen molar-refractivity contribution in [1.82, 2.24) is 15.5 Å². The Labute approximate surface area is 165 Å². The lowest BCUT2D eigenvalue weighted by Gasteiger charge is -2.36. The quantitative estimate of drug-likeness (QED) is 0.735. The van der Waals surface area contributed by atoms with E-state index in [4.69, 9.17) is 4.74 Å². The monoisotopic (exact) mass is 387 g/mol. The van der Waals surface area contributed by atoms with E-state index in [9.17, 15) is 14.4 Å². The van der Waals surface area contributed by atoms with Crippen molar-refractivity contribution in [1.29, 1.82) is 0 Å². The van der Waals surface area contributed by atoms with Crippen LogP contribution in [-0.4, -0.2) is 41.9 Å². The van der Waals surface area contributed by atoms with Crippen molar-refractivity contribution < 1.29 is 19.1 Å². The fourth-order valence-electron chi connectivity index (χ4n) is 4.28. The highest BCUT2D eigenvalue weighted by Crippen LogP contribution is 2.38. The molecular weight excluding hydrogens is 358 g/mol. The molecule has 7 nitrogen and oxygen atoms in total. The largest absolute Gasteiger partial charge is 0.497 e. The van der Waals surface area contributed by atoms with Crippen LogP contribution >= 0.6 is 0 Å². The predicted octanol–water partition coefficient (Wildman–Crippen LogP) is 2.76. The number of nitrogens with one attached hydrogen (secondary N) is 2. The molecule has 1 spiro atoms. The van der Waals surface area contributed by atoms with Gasteiger partial charge in [0.1, 0.15) is 17.8 Å². The van der Waals surface area contributed by atoms with E-state index in [1.807, 2.05) is 38.1 Å². The van der Waals surface area contributed by atoms with Gasteiger partial charge in [-0.05, 0) is 42.9 Å². The fraction of sp³-hybridized carbons (Fsp3) is 0.571. The van der Waals surface area contributed by atoms with Crippen molar-refractivity contribution >= 4 is 17.8 Å². The Balaban J connectivity index is 1.66. The lowest BCUT2D eigenvalue weighted by Crippen LogP contribution is -2.54. The second-order valence-electron chi connectivity index (χ2n) is 7.74. The third kappa shape index (κ3) is 3.70. The molecule has 28 heavy (non-hydrogen) atoms. The highest BCUT2D eigenvalue weighted by Gasteiger charge is 2.55. The van der Waals surface area contributed by atoms with Gasteiger partial charge in [0.25, 0.3) is 5.91 Å².